The van der Waals surface area contributed by atoms with Crippen molar-refractivity contribution >= 4 is 17.4 Å². The van der Waals surface area contributed by atoms with Crippen molar-refractivity contribution in [3.05, 3.63) is 23.4 Å². The lowest BCUT2D eigenvalue weighted by molar-refractivity contribution is 0.253. The van der Waals surface area contributed by atoms with E-state index in [0.29, 0.717) is 11.1 Å². The van der Waals surface area contributed by atoms with Gasteiger partial charge < -0.3 is 5.32 Å². The van der Waals surface area contributed by atoms with Crippen LogP contribution in [0.2, 0.25) is 5.02 Å². The lowest BCUT2D eigenvalue weighted by atomic mass is 9.78. The van der Waals surface area contributed by atoms with E-state index in [2.05, 4.69) is 24.1 Å². The molecular formula is C14H21ClN2. The molecule has 0 aromatic carbocycles. The van der Waals surface area contributed by atoms with Crippen LogP contribution in [0, 0.1) is 11.8 Å². The number of nitrogens with zero attached hydrogens (tertiary/aromatic N) is 1. The number of anilines is 1. The Morgan fingerprint density at radius 3 is 2.71 bits per heavy atom. The van der Waals surface area contributed by atoms with Crippen molar-refractivity contribution in [3.63, 3.8) is 0 Å². The molecule has 1 aromatic rings. The number of nitrogens with one attached hydrogen (secondary N) is 1. The molecule has 1 heterocycles. The summed E-state index contributed by atoms with van der Waals surface area (Å²) in [5, 5.41) is 4.26. The van der Waals surface area contributed by atoms with Crippen LogP contribution in [0.4, 0.5) is 5.82 Å². The summed E-state index contributed by atoms with van der Waals surface area (Å²) in [6.45, 7) is 4.64. The van der Waals surface area contributed by atoms with E-state index >= 15 is 0 Å². The summed E-state index contributed by atoms with van der Waals surface area (Å²) in [5.41, 5.74) is 0. The first-order valence-corrected chi connectivity index (χ1v) is 6.92. The van der Waals surface area contributed by atoms with Crippen molar-refractivity contribution in [1.29, 1.82) is 0 Å². The SMILES string of the molecule is CC(C)C1CCCCC1Nc1ccc(Cl)cn1. The van der Waals surface area contributed by atoms with E-state index in [9.17, 15) is 0 Å². The lowest BCUT2D eigenvalue weighted by Crippen LogP contribution is -2.35. The zero-order chi connectivity index (χ0) is 12.3. The van der Waals surface area contributed by atoms with Crippen LogP contribution in [0.5, 0.6) is 0 Å². The van der Waals surface area contributed by atoms with Crippen LogP contribution in [0.1, 0.15) is 39.5 Å². The Bertz CT molecular complexity index is 348. The van der Waals surface area contributed by atoms with E-state index < -0.39 is 0 Å². The third-order valence-electron chi connectivity index (χ3n) is 3.74. The first-order valence-electron chi connectivity index (χ1n) is 6.55. The average molecular weight is 253 g/mol. The van der Waals surface area contributed by atoms with Gasteiger partial charge in [0.15, 0.2) is 0 Å². The van der Waals surface area contributed by atoms with Gasteiger partial charge in [0.05, 0.1) is 5.02 Å². The van der Waals surface area contributed by atoms with Crippen molar-refractivity contribution in [2.45, 2.75) is 45.6 Å². The average Bonchev–Trinajstić information content (AvgIpc) is 2.32. The number of aromatic nitrogens is 1. The molecule has 2 unspecified atom stereocenters. The second kappa shape index (κ2) is 5.72. The zero-order valence-electron chi connectivity index (χ0n) is 10.6. The number of hydrogen-bond donors (Lipinski definition) is 1. The largest absolute Gasteiger partial charge is 0.367 e. The Hall–Kier alpha value is -0.760. The molecule has 94 valence electrons. The van der Waals surface area contributed by atoms with Crippen LogP contribution < -0.4 is 5.32 Å². The van der Waals surface area contributed by atoms with E-state index in [1.54, 1.807) is 6.20 Å². The summed E-state index contributed by atoms with van der Waals surface area (Å²) in [6.07, 6.45) is 7.00. The minimum atomic E-state index is 0.567. The Morgan fingerprint density at radius 1 is 1.29 bits per heavy atom. The minimum absolute atomic E-state index is 0.567. The van der Waals surface area contributed by atoms with Gasteiger partial charge >= 0.3 is 0 Å². The third-order valence-corrected chi connectivity index (χ3v) is 3.96. The maximum Gasteiger partial charge on any atom is 0.126 e. The highest BCUT2D eigenvalue weighted by Crippen LogP contribution is 2.32. The zero-order valence-corrected chi connectivity index (χ0v) is 11.4. The first kappa shape index (κ1) is 12.7. The molecule has 1 aliphatic rings. The summed E-state index contributed by atoms with van der Waals surface area (Å²) < 4.78 is 0. The number of rotatable bonds is 3. The fourth-order valence-electron chi connectivity index (χ4n) is 2.79. The van der Waals surface area contributed by atoms with Gasteiger partial charge in [-0.1, -0.05) is 38.3 Å². The van der Waals surface area contributed by atoms with E-state index in [1.807, 2.05) is 12.1 Å². The van der Waals surface area contributed by atoms with E-state index in [4.69, 9.17) is 11.6 Å². The second-order valence-corrected chi connectivity index (χ2v) is 5.74. The molecule has 0 aliphatic heterocycles. The molecule has 0 amide bonds. The van der Waals surface area contributed by atoms with Gasteiger partial charge in [-0.25, -0.2) is 4.98 Å². The van der Waals surface area contributed by atoms with Crippen molar-refractivity contribution in [1.82, 2.24) is 4.98 Å². The second-order valence-electron chi connectivity index (χ2n) is 5.30. The molecule has 0 spiro atoms. The Kier molecular flexibility index (Phi) is 4.27. The standard InChI is InChI=1S/C14H21ClN2/c1-10(2)12-5-3-4-6-13(12)17-14-8-7-11(15)9-16-14/h7-10,12-13H,3-6H2,1-2H3,(H,16,17). The first-order chi connectivity index (χ1) is 8.16. The highest BCUT2D eigenvalue weighted by molar-refractivity contribution is 6.30. The highest BCUT2D eigenvalue weighted by atomic mass is 35.5. The maximum atomic E-state index is 5.84. The summed E-state index contributed by atoms with van der Waals surface area (Å²) in [6, 6.07) is 4.43. The predicted molar refractivity (Wildman–Crippen MR) is 73.5 cm³/mol. The fourth-order valence-corrected chi connectivity index (χ4v) is 2.90. The van der Waals surface area contributed by atoms with E-state index in [-0.39, 0.29) is 0 Å². The van der Waals surface area contributed by atoms with Crippen molar-refractivity contribution in [2.75, 3.05) is 5.32 Å². The van der Waals surface area contributed by atoms with E-state index in [0.717, 1.165) is 17.7 Å². The highest BCUT2D eigenvalue weighted by Gasteiger charge is 2.27. The summed E-state index contributed by atoms with van der Waals surface area (Å²) in [5.74, 6) is 2.45. The molecule has 1 aromatic heterocycles. The predicted octanol–water partition coefficient (Wildman–Crippen LogP) is 4.36. The Balaban J connectivity index is 2.02. The molecule has 0 bridgehead atoms. The number of halogens is 1. The van der Waals surface area contributed by atoms with Gasteiger partial charge in [0.25, 0.3) is 0 Å². The van der Waals surface area contributed by atoms with Gasteiger partial charge in [0.2, 0.25) is 0 Å². The Morgan fingerprint density at radius 2 is 2.06 bits per heavy atom. The summed E-state index contributed by atoms with van der Waals surface area (Å²) >= 11 is 5.84. The molecule has 2 atom stereocenters. The van der Waals surface area contributed by atoms with Crippen molar-refractivity contribution in [3.8, 4) is 0 Å². The quantitative estimate of drug-likeness (QED) is 0.865. The summed E-state index contributed by atoms with van der Waals surface area (Å²) in [4.78, 5) is 4.32. The van der Waals surface area contributed by atoms with Crippen molar-refractivity contribution in [2.24, 2.45) is 11.8 Å². The Labute approximate surface area is 109 Å². The molecule has 1 N–H and O–H groups in total. The molecule has 1 fully saturated rings. The molecule has 2 rings (SSSR count). The third kappa shape index (κ3) is 3.35. The van der Waals surface area contributed by atoms with Gasteiger partial charge in [0.1, 0.15) is 5.82 Å². The molecule has 3 heteroatoms. The van der Waals surface area contributed by atoms with Gasteiger partial charge in [-0.15, -0.1) is 0 Å². The van der Waals surface area contributed by atoms with E-state index in [1.165, 1.54) is 25.7 Å². The number of hydrogen-bond acceptors (Lipinski definition) is 2. The topological polar surface area (TPSA) is 24.9 Å². The molecule has 0 saturated heterocycles. The lowest BCUT2D eigenvalue weighted by Gasteiger charge is -2.35. The maximum absolute atomic E-state index is 5.84. The van der Waals surface area contributed by atoms with Crippen LogP contribution in [0.3, 0.4) is 0 Å². The monoisotopic (exact) mass is 252 g/mol. The molecule has 2 nitrogen and oxygen atoms in total. The van der Waals surface area contributed by atoms with Gasteiger partial charge in [0, 0.05) is 12.2 Å². The smallest absolute Gasteiger partial charge is 0.126 e. The molecule has 17 heavy (non-hydrogen) atoms. The molecule has 0 radical (unpaired) electrons. The van der Waals surface area contributed by atoms with Crippen LogP contribution >= 0.6 is 11.6 Å². The summed E-state index contributed by atoms with van der Waals surface area (Å²) in [7, 11) is 0. The van der Waals surface area contributed by atoms with Crippen LogP contribution in [0.15, 0.2) is 18.3 Å². The van der Waals surface area contributed by atoms with Gasteiger partial charge in [-0.3, -0.25) is 0 Å². The minimum Gasteiger partial charge on any atom is -0.367 e. The number of pyridine rings is 1. The molecular weight excluding hydrogens is 232 g/mol. The molecule has 1 saturated carbocycles. The fraction of sp³-hybridized carbons (Fsp3) is 0.643. The van der Waals surface area contributed by atoms with Gasteiger partial charge in [-0.05, 0) is 36.8 Å². The van der Waals surface area contributed by atoms with Gasteiger partial charge in [-0.2, -0.15) is 0 Å². The van der Waals surface area contributed by atoms with Crippen LogP contribution in [-0.4, -0.2) is 11.0 Å². The van der Waals surface area contributed by atoms with Crippen molar-refractivity contribution < 1.29 is 0 Å². The van der Waals surface area contributed by atoms with Crippen LogP contribution in [-0.2, 0) is 0 Å². The normalized spacial score (nSPS) is 24.9. The van der Waals surface area contributed by atoms with Crippen LogP contribution in [0.25, 0.3) is 0 Å². The molecule has 1 aliphatic carbocycles.